The van der Waals surface area contributed by atoms with E-state index in [4.69, 9.17) is 0 Å². The Balaban J connectivity index is 1.70. The van der Waals surface area contributed by atoms with Crippen LogP contribution in [0.25, 0.3) is 10.8 Å². The van der Waals surface area contributed by atoms with E-state index in [0.29, 0.717) is 29.0 Å². The molecule has 0 spiro atoms. The zero-order valence-corrected chi connectivity index (χ0v) is 15.4. The first-order valence-corrected chi connectivity index (χ1v) is 9.03. The lowest BCUT2D eigenvalue weighted by Gasteiger charge is -2.37. The highest BCUT2D eigenvalue weighted by Crippen LogP contribution is 2.35. The second-order valence-electron chi connectivity index (χ2n) is 6.34. The van der Waals surface area contributed by atoms with Crippen molar-refractivity contribution in [1.82, 2.24) is 29.0 Å². The third-order valence-electron chi connectivity index (χ3n) is 4.58. The topological polar surface area (TPSA) is 76.8 Å². The minimum atomic E-state index is -0.448. The van der Waals surface area contributed by atoms with Crippen molar-refractivity contribution >= 4 is 17.4 Å². The maximum atomic E-state index is 13.1. The van der Waals surface area contributed by atoms with E-state index in [2.05, 4.69) is 19.6 Å². The van der Waals surface area contributed by atoms with Crippen LogP contribution in [-0.4, -0.2) is 34.9 Å². The van der Waals surface area contributed by atoms with Gasteiger partial charge in [-0.25, -0.2) is 9.37 Å². The highest BCUT2D eigenvalue weighted by Gasteiger charge is 2.38. The molecule has 0 saturated heterocycles. The maximum Gasteiger partial charge on any atom is 0.246 e. The molecule has 0 unspecified atom stereocenters. The molecular weight excluding hydrogens is 355 g/mol. The summed E-state index contributed by atoms with van der Waals surface area (Å²) in [5.74, 6) is 1.62. The second-order valence-corrected chi connectivity index (χ2v) is 7.09. The molecule has 3 heterocycles. The highest BCUT2D eigenvalue weighted by molar-refractivity contribution is 7.09. The van der Waals surface area contributed by atoms with Crippen LogP contribution in [0.3, 0.4) is 0 Å². The lowest BCUT2D eigenvalue weighted by molar-refractivity contribution is -0.139. The van der Waals surface area contributed by atoms with Crippen molar-refractivity contribution in [2.45, 2.75) is 39.4 Å². The normalized spacial score (nSPS) is 19.7. The zero-order chi connectivity index (χ0) is 18.4. The molecule has 2 atom stereocenters. The summed E-state index contributed by atoms with van der Waals surface area (Å²) in [7, 11) is 0. The van der Waals surface area contributed by atoms with Crippen LogP contribution in [0.15, 0.2) is 24.3 Å². The van der Waals surface area contributed by atoms with E-state index in [-0.39, 0.29) is 17.8 Å². The van der Waals surface area contributed by atoms with E-state index in [1.165, 1.54) is 23.7 Å². The molecule has 0 N–H and O–H groups in total. The quantitative estimate of drug-likeness (QED) is 0.706. The maximum absolute atomic E-state index is 13.1. The van der Waals surface area contributed by atoms with Crippen molar-refractivity contribution in [2.75, 3.05) is 0 Å². The average Bonchev–Trinajstić information content (AvgIpc) is 3.24. The lowest BCUT2D eigenvalue weighted by atomic mass is 10.1. The van der Waals surface area contributed by atoms with Crippen LogP contribution < -0.4 is 0 Å². The monoisotopic (exact) mass is 372 g/mol. The largest absolute Gasteiger partial charge is 0.327 e. The Morgan fingerprint density at radius 1 is 1.15 bits per heavy atom. The van der Waals surface area contributed by atoms with Gasteiger partial charge in [-0.3, -0.25) is 9.36 Å². The van der Waals surface area contributed by atoms with Crippen molar-refractivity contribution in [3.05, 3.63) is 47.3 Å². The van der Waals surface area contributed by atoms with Gasteiger partial charge in [0.25, 0.3) is 0 Å². The van der Waals surface area contributed by atoms with Crippen LogP contribution in [0.4, 0.5) is 4.39 Å². The molecule has 0 aliphatic carbocycles. The molecule has 0 bridgehead atoms. The molecule has 7 nitrogen and oxygen atoms in total. The Labute approximate surface area is 153 Å². The second kappa shape index (κ2) is 6.24. The van der Waals surface area contributed by atoms with Crippen LogP contribution in [0.5, 0.6) is 0 Å². The number of carbonyl (C=O) groups is 1. The van der Waals surface area contributed by atoms with Crippen molar-refractivity contribution in [1.29, 1.82) is 0 Å². The molecule has 1 aliphatic heterocycles. The highest BCUT2D eigenvalue weighted by atomic mass is 32.1. The van der Waals surface area contributed by atoms with Gasteiger partial charge in [-0.1, -0.05) is 12.1 Å². The minimum absolute atomic E-state index is 0.0309. The molecular formula is C17H17FN6OS. The Kier molecular flexibility index (Phi) is 4.03. The number of nitrogens with zero attached hydrogens (tertiary/aromatic N) is 6. The summed E-state index contributed by atoms with van der Waals surface area (Å²) in [4.78, 5) is 19.1. The molecule has 0 fully saturated rings. The van der Waals surface area contributed by atoms with Crippen molar-refractivity contribution < 1.29 is 9.18 Å². The minimum Gasteiger partial charge on any atom is -0.327 e. The fourth-order valence-electron chi connectivity index (χ4n) is 3.19. The molecule has 134 valence electrons. The summed E-state index contributed by atoms with van der Waals surface area (Å²) in [6, 6.07) is 5.48. The number of hydrogen-bond donors (Lipinski definition) is 0. The fraction of sp³-hybridized carbons (Fsp3) is 0.353. The van der Waals surface area contributed by atoms with Gasteiger partial charge in [0.2, 0.25) is 5.91 Å². The molecule has 26 heavy (non-hydrogen) atoms. The number of carbonyl (C=O) groups excluding carboxylic acids is 1. The van der Waals surface area contributed by atoms with Gasteiger partial charge in [-0.05, 0) is 50.0 Å². The predicted molar refractivity (Wildman–Crippen MR) is 93.7 cm³/mol. The molecule has 3 aromatic rings. The average molecular weight is 372 g/mol. The van der Waals surface area contributed by atoms with Crippen molar-refractivity contribution in [3.63, 3.8) is 0 Å². The van der Waals surface area contributed by atoms with Gasteiger partial charge in [0, 0.05) is 6.54 Å². The number of rotatable bonds is 3. The van der Waals surface area contributed by atoms with E-state index in [0.717, 1.165) is 5.56 Å². The van der Waals surface area contributed by atoms with Crippen LogP contribution in [-0.2, 0) is 11.3 Å². The van der Waals surface area contributed by atoms with E-state index in [1.54, 1.807) is 17.0 Å². The Bertz CT molecular complexity index is 966. The Hall–Kier alpha value is -2.68. The molecule has 0 radical (unpaired) electrons. The summed E-state index contributed by atoms with van der Waals surface area (Å²) in [5.41, 5.74) is 0.867. The summed E-state index contributed by atoms with van der Waals surface area (Å²) in [5, 5.41) is 9.23. The number of amides is 1. The van der Waals surface area contributed by atoms with E-state index >= 15 is 0 Å². The van der Waals surface area contributed by atoms with Gasteiger partial charge in [0.05, 0.1) is 6.04 Å². The first-order valence-electron chi connectivity index (χ1n) is 8.26. The first kappa shape index (κ1) is 16.8. The summed E-state index contributed by atoms with van der Waals surface area (Å²) in [6.45, 7) is 5.96. The number of benzene rings is 1. The summed E-state index contributed by atoms with van der Waals surface area (Å²) >= 11 is 1.24. The SMILES string of the molecule is Cc1nsc(-c2nnc3n2[C@H](C)C(=O)N(Cc2ccc(F)cc2)[C@@H]3C)n1. The van der Waals surface area contributed by atoms with Gasteiger partial charge in [-0.2, -0.15) is 4.37 Å². The van der Waals surface area contributed by atoms with Crippen LogP contribution >= 0.6 is 11.5 Å². The molecule has 1 aliphatic rings. The van der Waals surface area contributed by atoms with Crippen LogP contribution in [0.2, 0.25) is 0 Å². The standard InChI is InChI=1S/C17H17FN6OS/c1-9-14-20-21-15(16-19-11(3)22-26-16)24(14)10(2)17(25)23(9)8-12-4-6-13(18)7-5-12/h4-7,9-10H,8H2,1-3H3/t9-,10-/m1/s1. The molecule has 9 heteroatoms. The van der Waals surface area contributed by atoms with Gasteiger partial charge in [0.15, 0.2) is 16.7 Å². The molecule has 4 rings (SSSR count). The lowest BCUT2D eigenvalue weighted by Crippen LogP contribution is -2.43. The van der Waals surface area contributed by atoms with Gasteiger partial charge >= 0.3 is 0 Å². The molecule has 0 saturated carbocycles. The van der Waals surface area contributed by atoms with Gasteiger partial charge < -0.3 is 4.90 Å². The Morgan fingerprint density at radius 2 is 1.88 bits per heavy atom. The van der Waals surface area contributed by atoms with Crippen molar-refractivity contribution in [2.24, 2.45) is 0 Å². The third kappa shape index (κ3) is 2.68. The van der Waals surface area contributed by atoms with E-state index in [1.807, 2.05) is 25.3 Å². The molecule has 2 aromatic heterocycles. The van der Waals surface area contributed by atoms with Gasteiger partial charge in [0.1, 0.15) is 17.7 Å². The van der Waals surface area contributed by atoms with E-state index < -0.39 is 6.04 Å². The number of halogens is 1. The third-order valence-corrected chi connectivity index (χ3v) is 5.38. The summed E-state index contributed by atoms with van der Waals surface area (Å²) in [6.07, 6.45) is 0. The smallest absolute Gasteiger partial charge is 0.246 e. The first-order chi connectivity index (χ1) is 12.5. The van der Waals surface area contributed by atoms with E-state index in [9.17, 15) is 9.18 Å². The number of aromatic nitrogens is 5. The van der Waals surface area contributed by atoms with Crippen molar-refractivity contribution in [3.8, 4) is 10.8 Å². The van der Waals surface area contributed by atoms with Gasteiger partial charge in [-0.15, -0.1) is 10.2 Å². The summed E-state index contributed by atoms with van der Waals surface area (Å²) < 4.78 is 19.2. The number of fused-ring (bicyclic) bond motifs is 1. The molecule has 1 amide bonds. The van der Waals surface area contributed by atoms with Crippen LogP contribution in [0.1, 0.15) is 43.1 Å². The molecule has 1 aromatic carbocycles. The number of aryl methyl sites for hydroxylation is 1. The fourth-order valence-corrected chi connectivity index (χ4v) is 3.84. The predicted octanol–water partition coefficient (Wildman–Crippen LogP) is 2.91. The van der Waals surface area contributed by atoms with Crippen LogP contribution in [0, 0.1) is 12.7 Å². The zero-order valence-electron chi connectivity index (χ0n) is 14.5. The Morgan fingerprint density at radius 3 is 2.54 bits per heavy atom. The number of hydrogen-bond acceptors (Lipinski definition) is 6.